The van der Waals surface area contributed by atoms with Crippen LogP contribution in [0, 0.1) is 10.1 Å². The number of hydrogen-bond acceptors (Lipinski definition) is 5. The SMILES string of the molecule is Cn1nc(-c2cc([N+](=O)[O-])ccc2Oc2ccccc2)c2cc[nH]c2c1=O. The van der Waals surface area contributed by atoms with E-state index in [-0.39, 0.29) is 11.2 Å². The molecule has 4 rings (SSSR count). The second-order valence-corrected chi connectivity index (χ2v) is 5.90. The van der Waals surface area contributed by atoms with Crippen LogP contribution in [0.5, 0.6) is 11.5 Å². The molecule has 8 heteroatoms. The number of nitrogens with one attached hydrogen (secondary N) is 1. The molecule has 4 aromatic rings. The van der Waals surface area contributed by atoms with Crippen molar-refractivity contribution < 1.29 is 9.66 Å². The fraction of sp³-hybridized carbons (Fsp3) is 0.0526. The lowest BCUT2D eigenvalue weighted by atomic mass is 10.1. The molecule has 27 heavy (non-hydrogen) atoms. The minimum absolute atomic E-state index is 0.0928. The maximum Gasteiger partial charge on any atom is 0.290 e. The number of nitro groups is 1. The van der Waals surface area contributed by atoms with Gasteiger partial charge in [0.2, 0.25) is 0 Å². The van der Waals surface area contributed by atoms with Gasteiger partial charge in [-0.05, 0) is 24.3 Å². The molecular formula is C19H14N4O4. The van der Waals surface area contributed by atoms with Gasteiger partial charge in [-0.1, -0.05) is 18.2 Å². The van der Waals surface area contributed by atoms with Crippen LogP contribution in [0.4, 0.5) is 5.69 Å². The summed E-state index contributed by atoms with van der Waals surface area (Å²) >= 11 is 0. The zero-order valence-corrected chi connectivity index (χ0v) is 14.2. The third-order valence-corrected chi connectivity index (χ3v) is 4.16. The number of para-hydroxylation sites is 1. The van der Waals surface area contributed by atoms with Crippen LogP contribution in [-0.2, 0) is 7.05 Å². The number of non-ortho nitro benzene ring substituents is 1. The zero-order valence-electron chi connectivity index (χ0n) is 14.2. The number of nitro benzene ring substituents is 1. The summed E-state index contributed by atoms with van der Waals surface area (Å²) in [7, 11) is 1.53. The number of hydrogen-bond donors (Lipinski definition) is 1. The number of fused-ring (bicyclic) bond motifs is 1. The average Bonchev–Trinajstić information content (AvgIpc) is 3.16. The molecule has 134 valence electrons. The van der Waals surface area contributed by atoms with Gasteiger partial charge in [-0.15, -0.1) is 0 Å². The Kier molecular flexibility index (Phi) is 3.92. The van der Waals surface area contributed by atoms with Gasteiger partial charge < -0.3 is 9.72 Å². The molecule has 0 aliphatic carbocycles. The Labute approximate surface area is 152 Å². The number of ether oxygens (including phenoxy) is 1. The van der Waals surface area contributed by atoms with Gasteiger partial charge in [-0.2, -0.15) is 5.10 Å². The van der Waals surface area contributed by atoms with Gasteiger partial charge in [0.05, 0.1) is 10.5 Å². The van der Waals surface area contributed by atoms with E-state index in [0.717, 1.165) is 0 Å². The Balaban J connectivity index is 1.97. The normalized spacial score (nSPS) is 10.9. The number of rotatable bonds is 4. The van der Waals surface area contributed by atoms with E-state index >= 15 is 0 Å². The van der Waals surface area contributed by atoms with Crippen molar-refractivity contribution in [2.45, 2.75) is 0 Å². The highest BCUT2D eigenvalue weighted by Gasteiger charge is 2.19. The van der Waals surface area contributed by atoms with E-state index in [9.17, 15) is 14.9 Å². The monoisotopic (exact) mass is 362 g/mol. The van der Waals surface area contributed by atoms with Gasteiger partial charge >= 0.3 is 0 Å². The number of aryl methyl sites for hydroxylation is 1. The van der Waals surface area contributed by atoms with E-state index in [1.165, 1.54) is 29.9 Å². The number of nitrogens with zero attached hydrogens (tertiary/aromatic N) is 3. The summed E-state index contributed by atoms with van der Waals surface area (Å²) in [5.41, 5.74) is 0.843. The molecule has 0 radical (unpaired) electrons. The molecule has 0 fully saturated rings. The van der Waals surface area contributed by atoms with Crippen molar-refractivity contribution in [3.05, 3.63) is 81.3 Å². The largest absolute Gasteiger partial charge is 0.457 e. The van der Waals surface area contributed by atoms with Gasteiger partial charge in [0.25, 0.3) is 11.2 Å². The molecule has 2 aromatic heterocycles. The number of aromatic nitrogens is 3. The molecule has 0 bridgehead atoms. The second kappa shape index (κ2) is 6.41. The summed E-state index contributed by atoms with van der Waals surface area (Å²) < 4.78 is 7.13. The first-order valence-corrected chi connectivity index (χ1v) is 8.10. The first kappa shape index (κ1) is 16.5. The van der Waals surface area contributed by atoms with Crippen molar-refractivity contribution in [2.75, 3.05) is 0 Å². The minimum Gasteiger partial charge on any atom is -0.457 e. The number of aromatic amines is 1. The molecule has 0 aliphatic rings. The van der Waals surface area contributed by atoms with Crippen molar-refractivity contribution in [2.24, 2.45) is 7.05 Å². The smallest absolute Gasteiger partial charge is 0.290 e. The van der Waals surface area contributed by atoms with Crippen LogP contribution < -0.4 is 10.3 Å². The van der Waals surface area contributed by atoms with E-state index in [4.69, 9.17) is 4.74 Å². The molecule has 0 aliphatic heterocycles. The Morgan fingerprint density at radius 2 is 1.93 bits per heavy atom. The molecule has 0 saturated heterocycles. The Morgan fingerprint density at radius 3 is 2.67 bits per heavy atom. The van der Waals surface area contributed by atoms with Gasteiger partial charge in [-0.3, -0.25) is 14.9 Å². The molecule has 0 saturated carbocycles. The van der Waals surface area contributed by atoms with E-state index in [0.29, 0.717) is 33.7 Å². The lowest BCUT2D eigenvalue weighted by Crippen LogP contribution is -2.20. The van der Waals surface area contributed by atoms with Crippen molar-refractivity contribution in [3.63, 3.8) is 0 Å². The highest BCUT2D eigenvalue weighted by Crippen LogP contribution is 2.37. The van der Waals surface area contributed by atoms with Crippen molar-refractivity contribution in [3.8, 4) is 22.8 Å². The molecule has 0 atom stereocenters. The molecule has 2 heterocycles. The highest BCUT2D eigenvalue weighted by atomic mass is 16.6. The van der Waals surface area contributed by atoms with Gasteiger partial charge in [0.1, 0.15) is 22.7 Å². The minimum atomic E-state index is -0.480. The number of H-pyrrole nitrogens is 1. The van der Waals surface area contributed by atoms with Gasteiger partial charge in [0.15, 0.2) is 0 Å². The van der Waals surface area contributed by atoms with Crippen molar-refractivity contribution in [1.82, 2.24) is 14.8 Å². The summed E-state index contributed by atoms with van der Waals surface area (Å²) in [6.45, 7) is 0. The fourth-order valence-corrected chi connectivity index (χ4v) is 2.87. The lowest BCUT2D eigenvalue weighted by Gasteiger charge is -2.12. The van der Waals surface area contributed by atoms with Gasteiger partial charge in [-0.25, -0.2) is 4.68 Å². The average molecular weight is 362 g/mol. The third-order valence-electron chi connectivity index (χ3n) is 4.16. The van der Waals surface area contributed by atoms with Crippen molar-refractivity contribution in [1.29, 1.82) is 0 Å². The first-order valence-electron chi connectivity index (χ1n) is 8.10. The Morgan fingerprint density at radius 1 is 1.15 bits per heavy atom. The predicted molar refractivity (Wildman–Crippen MR) is 99.9 cm³/mol. The van der Waals surface area contributed by atoms with E-state index < -0.39 is 4.92 Å². The summed E-state index contributed by atoms with van der Waals surface area (Å²) in [4.78, 5) is 25.9. The van der Waals surface area contributed by atoms with Crippen LogP contribution in [0.1, 0.15) is 0 Å². The predicted octanol–water partition coefficient (Wildman–Crippen LogP) is 3.63. The molecule has 0 spiro atoms. The topological polar surface area (TPSA) is 103 Å². The molecule has 8 nitrogen and oxygen atoms in total. The van der Waals surface area contributed by atoms with Crippen LogP contribution >= 0.6 is 0 Å². The van der Waals surface area contributed by atoms with E-state index in [1.54, 1.807) is 24.4 Å². The van der Waals surface area contributed by atoms with Crippen LogP contribution in [0.2, 0.25) is 0 Å². The van der Waals surface area contributed by atoms with Crippen LogP contribution in [0.25, 0.3) is 22.2 Å². The maximum absolute atomic E-state index is 12.3. The van der Waals surface area contributed by atoms with Crippen molar-refractivity contribution >= 4 is 16.6 Å². The Bertz CT molecular complexity index is 1210. The van der Waals surface area contributed by atoms with E-state index in [1.807, 2.05) is 18.2 Å². The molecule has 2 aromatic carbocycles. The summed E-state index contributed by atoms with van der Waals surface area (Å²) in [6, 6.07) is 15.1. The van der Waals surface area contributed by atoms with Gasteiger partial charge in [0, 0.05) is 30.8 Å². The molecular weight excluding hydrogens is 348 g/mol. The second-order valence-electron chi connectivity index (χ2n) is 5.90. The highest BCUT2D eigenvalue weighted by molar-refractivity contribution is 5.94. The Hall–Kier alpha value is -3.94. The molecule has 0 amide bonds. The first-order chi connectivity index (χ1) is 13.0. The van der Waals surface area contributed by atoms with Crippen LogP contribution in [0.3, 0.4) is 0 Å². The summed E-state index contributed by atoms with van der Waals surface area (Å²) in [5.74, 6) is 0.989. The molecule has 0 unspecified atom stereocenters. The summed E-state index contributed by atoms with van der Waals surface area (Å²) in [5, 5.41) is 16.2. The quantitative estimate of drug-likeness (QED) is 0.441. The standard InChI is InChI=1S/C19H14N4O4/c1-22-19(24)18-14(9-10-20-18)17(21-22)15-11-12(23(25)26)7-8-16(15)27-13-5-3-2-4-6-13/h2-11,20H,1H3. The van der Waals surface area contributed by atoms with Crippen LogP contribution in [0.15, 0.2) is 65.6 Å². The molecule has 1 N–H and O–H groups in total. The third kappa shape index (κ3) is 2.93. The van der Waals surface area contributed by atoms with E-state index in [2.05, 4.69) is 10.1 Å². The maximum atomic E-state index is 12.3. The lowest BCUT2D eigenvalue weighted by molar-refractivity contribution is -0.384. The number of benzene rings is 2. The van der Waals surface area contributed by atoms with Crippen LogP contribution in [-0.4, -0.2) is 19.7 Å². The summed E-state index contributed by atoms with van der Waals surface area (Å²) in [6.07, 6.45) is 1.63. The fourth-order valence-electron chi connectivity index (χ4n) is 2.87. The zero-order chi connectivity index (χ0) is 19.0.